The van der Waals surface area contributed by atoms with Crippen LogP contribution in [0.1, 0.15) is 17.7 Å². The van der Waals surface area contributed by atoms with Crippen molar-refractivity contribution < 1.29 is 9.53 Å². The Bertz CT molecular complexity index is 699. The van der Waals surface area contributed by atoms with Gasteiger partial charge in [0.25, 0.3) is 0 Å². The fraction of sp³-hybridized carbons (Fsp3) is 0.222. The highest BCUT2D eigenvalue weighted by molar-refractivity contribution is 9.10. The van der Waals surface area contributed by atoms with Crippen LogP contribution >= 0.6 is 15.9 Å². The first-order valence-corrected chi connectivity index (χ1v) is 8.28. The van der Waals surface area contributed by atoms with E-state index in [4.69, 9.17) is 4.74 Å². The molecule has 1 amide bonds. The smallest absolute Gasteiger partial charge is 0.410 e. The number of carbonyl (C=O) groups is 1. The number of rotatable bonds is 3. The van der Waals surface area contributed by atoms with Crippen LogP contribution in [0.25, 0.3) is 5.57 Å². The van der Waals surface area contributed by atoms with E-state index in [1.165, 1.54) is 0 Å². The molecule has 0 aliphatic carbocycles. The lowest BCUT2D eigenvalue weighted by Gasteiger charge is -2.26. The first-order chi connectivity index (χ1) is 11.2. The predicted molar refractivity (Wildman–Crippen MR) is 92.7 cm³/mol. The van der Waals surface area contributed by atoms with E-state index < -0.39 is 0 Å². The highest BCUT2D eigenvalue weighted by atomic mass is 79.9. The van der Waals surface area contributed by atoms with E-state index >= 15 is 0 Å². The van der Waals surface area contributed by atoms with E-state index in [1.54, 1.807) is 11.1 Å². The largest absolute Gasteiger partial charge is 0.445 e. The van der Waals surface area contributed by atoms with Crippen LogP contribution in [0, 0.1) is 0 Å². The number of hydrogen-bond donors (Lipinski definition) is 0. The Labute approximate surface area is 143 Å². The van der Waals surface area contributed by atoms with Crippen LogP contribution in [0.2, 0.25) is 0 Å². The third-order valence-electron chi connectivity index (χ3n) is 3.67. The Kier molecular flexibility index (Phi) is 5.08. The quantitative estimate of drug-likeness (QED) is 0.807. The van der Waals surface area contributed by atoms with Gasteiger partial charge in [0, 0.05) is 17.2 Å². The van der Waals surface area contributed by atoms with Crippen LogP contribution in [0.15, 0.2) is 59.2 Å². The Balaban J connectivity index is 1.60. The Hall–Kier alpha value is -2.14. The van der Waals surface area contributed by atoms with E-state index in [0.717, 1.165) is 27.7 Å². The summed E-state index contributed by atoms with van der Waals surface area (Å²) >= 11 is 3.38. The lowest BCUT2D eigenvalue weighted by Crippen LogP contribution is -2.35. The number of benzene rings is 1. The molecule has 118 valence electrons. The lowest BCUT2D eigenvalue weighted by atomic mass is 10.1. The molecule has 4 nitrogen and oxygen atoms in total. The van der Waals surface area contributed by atoms with Crippen molar-refractivity contribution in [1.82, 2.24) is 9.88 Å². The lowest BCUT2D eigenvalue weighted by molar-refractivity contribution is 0.100. The van der Waals surface area contributed by atoms with Crippen LogP contribution in [-0.2, 0) is 11.3 Å². The van der Waals surface area contributed by atoms with Crippen molar-refractivity contribution in [2.24, 2.45) is 0 Å². The van der Waals surface area contributed by atoms with Gasteiger partial charge in [-0.15, -0.1) is 0 Å². The van der Waals surface area contributed by atoms with Crippen LogP contribution in [0.4, 0.5) is 4.79 Å². The maximum atomic E-state index is 12.3. The molecule has 0 radical (unpaired) electrons. The van der Waals surface area contributed by atoms with Crippen molar-refractivity contribution in [2.75, 3.05) is 13.1 Å². The topological polar surface area (TPSA) is 42.4 Å². The average Bonchev–Trinajstić information content (AvgIpc) is 2.61. The first-order valence-electron chi connectivity index (χ1n) is 7.49. The fourth-order valence-corrected chi connectivity index (χ4v) is 2.70. The van der Waals surface area contributed by atoms with E-state index in [0.29, 0.717) is 19.7 Å². The number of aromatic nitrogens is 1. The van der Waals surface area contributed by atoms with Crippen molar-refractivity contribution >= 4 is 27.6 Å². The zero-order chi connectivity index (χ0) is 16.1. The molecule has 0 N–H and O–H groups in total. The first kappa shape index (κ1) is 15.7. The minimum absolute atomic E-state index is 0.281. The van der Waals surface area contributed by atoms with E-state index in [-0.39, 0.29) is 6.09 Å². The van der Waals surface area contributed by atoms with Crippen LogP contribution in [0.5, 0.6) is 0 Å². The second kappa shape index (κ2) is 7.42. The van der Waals surface area contributed by atoms with Crippen LogP contribution < -0.4 is 0 Å². The standard InChI is InChI=1S/C18H17BrN2O2/c19-16-8-9-17(20-11-16)15-7-4-10-21(12-15)18(22)23-13-14-5-2-1-3-6-14/h1-3,5-9,11H,4,10,12-13H2. The molecule has 1 aromatic heterocycles. The van der Waals surface area contributed by atoms with Crippen LogP contribution in [-0.4, -0.2) is 29.1 Å². The Morgan fingerprint density at radius 1 is 1.22 bits per heavy atom. The van der Waals surface area contributed by atoms with Crippen molar-refractivity contribution in [3.63, 3.8) is 0 Å². The minimum atomic E-state index is -0.281. The maximum Gasteiger partial charge on any atom is 0.410 e. The summed E-state index contributed by atoms with van der Waals surface area (Å²) in [7, 11) is 0. The van der Waals surface area contributed by atoms with Crippen molar-refractivity contribution in [3.8, 4) is 0 Å². The Morgan fingerprint density at radius 3 is 2.78 bits per heavy atom. The van der Waals surface area contributed by atoms with Gasteiger partial charge in [-0.3, -0.25) is 4.98 Å². The summed E-state index contributed by atoms with van der Waals surface area (Å²) in [6.07, 6.45) is 4.43. The second-order valence-electron chi connectivity index (χ2n) is 5.34. The zero-order valence-corrected chi connectivity index (χ0v) is 14.2. The van der Waals surface area contributed by atoms with Gasteiger partial charge in [-0.2, -0.15) is 0 Å². The summed E-state index contributed by atoms with van der Waals surface area (Å²) in [5.41, 5.74) is 2.94. The third-order valence-corrected chi connectivity index (χ3v) is 4.14. The second-order valence-corrected chi connectivity index (χ2v) is 6.26. The molecule has 0 atom stereocenters. The van der Waals surface area contributed by atoms with Gasteiger partial charge in [-0.25, -0.2) is 4.79 Å². The molecule has 1 aliphatic rings. The van der Waals surface area contributed by atoms with E-state index in [1.807, 2.05) is 42.5 Å². The fourth-order valence-electron chi connectivity index (χ4n) is 2.46. The molecular weight excluding hydrogens is 356 g/mol. The molecule has 23 heavy (non-hydrogen) atoms. The summed E-state index contributed by atoms with van der Waals surface area (Å²) in [6, 6.07) is 13.6. The average molecular weight is 373 g/mol. The minimum Gasteiger partial charge on any atom is -0.445 e. The van der Waals surface area contributed by atoms with Gasteiger partial charge in [0.1, 0.15) is 6.61 Å². The van der Waals surface area contributed by atoms with Crippen LogP contribution in [0.3, 0.4) is 0 Å². The molecule has 0 saturated carbocycles. The number of hydrogen-bond acceptors (Lipinski definition) is 3. The molecule has 0 unspecified atom stereocenters. The molecular formula is C18H17BrN2O2. The number of amides is 1. The molecule has 0 saturated heterocycles. The number of nitrogens with zero attached hydrogens (tertiary/aromatic N) is 2. The molecule has 2 heterocycles. The summed E-state index contributed by atoms with van der Waals surface area (Å²) in [4.78, 5) is 18.4. The van der Waals surface area contributed by atoms with Gasteiger partial charge in [-0.1, -0.05) is 36.4 Å². The van der Waals surface area contributed by atoms with Gasteiger partial charge < -0.3 is 9.64 Å². The summed E-state index contributed by atoms with van der Waals surface area (Å²) in [6.45, 7) is 1.50. The summed E-state index contributed by atoms with van der Waals surface area (Å²) < 4.78 is 6.34. The van der Waals surface area contributed by atoms with Gasteiger partial charge in [-0.05, 0) is 45.6 Å². The van der Waals surface area contributed by atoms with Gasteiger partial charge in [0.15, 0.2) is 0 Å². The molecule has 0 bridgehead atoms. The van der Waals surface area contributed by atoms with Crippen molar-refractivity contribution in [1.29, 1.82) is 0 Å². The molecule has 2 aromatic rings. The van der Waals surface area contributed by atoms with Crippen molar-refractivity contribution in [2.45, 2.75) is 13.0 Å². The maximum absolute atomic E-state index is 12.3. The highest BCUT2D eigenvalue weighted by Crippen LogP contribution is 2.21. The molecule has 1 aromatic carbocycles. The molecule has 3 rings (SSSR count). The van der Waals surface area contributed by atoms with Gasteiger partial charge in [0.2, 0.25) is 0 Å². The third kappa shape index (κ3) is 4.20. The number of carbonyl (C=O) groups excluding carboxylic acids is 1. The van der Waals surface area contributed by atoms with Gasteiger partial charge in [0.05, 0.1) is 12.2 Å². The van der Waals surface area contributed by atoms with Crippen molar-refractivity contribution in [3.05, 3.63) is 70.5 Å². The number of halogens is 1. The number of ether oxygens (including phenoxy) is 1. The molecule has 0 fully saturated rings. The predicted octanol–water partition coefficient (Wildman–Crippen LogP) is 4.27. The zero-order valence-electron chi connectivity index (χ0n) is 12.6. The summed E-state index contributed by atoms with van der Waals surface area (Å²) in [5.74, 6) is 0. The van der Waals surface area contributed by atoms with Gasteiger partial charge >= 0.3 is 6.09 Å². The summed E-state index contributed by atoms with van der Waals surface area (Å²) in [5, 5.41) is 0. The number of pyridine rings is 1. The SMILES string of the molecule is O=C(OCc1ccccc1)N1CCC=C(c2ccc(Br)cn2)C1. The molecule has 0 spiro atoms. The Morgan fingerprint density at radius 2 is 2.04 bits per heavy atom. The monoisotopic (exact) mass is 372 g/mol. The highest BCUT2D eigenvalue weighted by Gasteiger charge is 2.20. The van der Waals surface area contributed by atoms with E-state index in [2.05, 4.69) is 27.0 Å². The normalized spacial score (nSPS) is 14.3. The molecule has 1 aliphatic heterocycles. The van der Waals surface area contributed by atoms with E-state index in [9.17, 15) is 4.79 Å². The molecule has 5 heteroatoms.